The van der Waals surface area contributed by atoms with Crippen LogP contribution in [-0.4, -0.2) is 27.8 Å². The highest BCUT2D eigenvalue weighted by Gasteiger charge is 2.31. The lowest BCUT2D eigenvalue weighted by molar-refractivity contribution is 0.246. The van der Waals surface area contributed by atoms with Crippen molar-refractivity contribution in [1.29, 1.82) is 0 Å². The first-order chi connectivity index (χ1) is 11.2. The van der Waals surface area contributed by atoms with E-state index in [0.717, 1.165) is 5.56 Å². The van der Waals surface area contributed by atoms with Crippen LogP contribution in [0.5, 0.6) is 0 Å². The molecule has 0 saturated carbocycles. The minimum atomic E-state index is -0.288. The number of hydrogen-bond donors (Lipinski definition) is 3. The van der Waals surface area contributed by atoms with Crippen LogP contribution in [0.15, 0.2) is 41.3 Å². The summed E-state index contributed by atoms with van der Waals surface area (Å²) in [6.07, 6.45) is 1.59. The maximum absolute atomic E-state index is 12.6. The van der Waals surface area contributed by atoms with Gasteiger partial charge >= 0.3 is 6.03 Å². The van der Waals surface area contributed by atoms with Crippen molar-refractivity contribution < 1.29 is 4.79 Å². The number of aromatic nitrogens is 3. The summed E-state index contributed by atoms with van der Waals surface area (Å²) in [5.41, 5.74) is 5.36. The molecule has 0 aliphatic carbocycles. The largest absolute Gasteiger partial charge is 0.346 e. The van der Waals surface area contributed by atoms with Gasteiger partial charge in [-0.3, -0.25) is 4.79 Å². The van der Waals surface area contributed by atoms with E-state index in [-0.39, 0.29) is 11.6 Å². The SMILES string of the molecule is CNC(=O)N1NCc2c3nn(-c4ccccc4)c(=O)c-3c[nH]c21. The Bertz CT molecular complexity index is 914. The molecule has 4 rings (SSSR count). The highest BCUT2D eigenvalue weighted by molar-refractivity contribution is 5.93. The van der Waals surface area contributed by atoms with Crippen LogP contribution in [0.2, 0.25) is 0 Å². The van der Waals surface area contributed by atoms with E-state index in [1.54, 1.807) is 13.2 Å². The quantitative estimate of drug-likeness (QED) is 0.620. The molecule has 0 saturated heterocycles. The maximum Gasteiger partial charge on any atom is 0.337 e. The summed E-state index contributed by atoms with van der Waals surface area (Å²) in [5.74, 6) is 0.592. The molecule has 8 nitrogen and oxygen atoms in total. The van der Waals surface area contributed by atoms with Gasteiger partial charge in [0.2, 0.25) is 0 Å². The zero-order chi connectivity index (χ0) is 16.0. The lowest BCUT2D eigenvalue weighted by atomic mass is 10.1. The third-order valence-electron chi connectivity index (χ3n) is 3.86. The zero-order valence-electron chi connectivity index (χ0n) is 12.3. The minimum Gasteiger partial charge on any atom is -0.346 e. The number of carbonyl (C=O) groups excluding carboxylic acids is 1. The number of aromatic amines is 1. The molecule has 23 heavy (non-hydrogen) atoms. The smallest absolute Gasteiger partial charge is 0.337 e. The average molecular weight is 310 g/mol. The molecule has 3 aliphatic heterocycles. The fourth-order valence-electron chi connectivity index (χ4n) is 2.74. The zero-order valence-corrected chi connectivity index (χ0v) is 12.3. The number of rotatable bonds is 1. The summed E-state index contributed by atoms with van der Waals surface area (Å²) >= 11 is 0. The number of anilines is 1. The summed E-state index contributed by atoms with van der Waals surface area (Å²) in [5, 5.41) is 8.39. The van der Waals surface area contributed by atoms with Crippen LogP contribution in [-0.2, 0) is 6.54 Å². The number of H-pyrrole nitrogens is 1. The second kappa shape index (κ2) is 4.96. The molecular weight excluding hydrogens is 296 g/mol. The number of hydrogen-bond acceptors (Lipinski definition) is 4. The number of amides is 2. The Kier molecular flexibility index (Phi) is 2.91. The molecule has 3 aliphatic rings. The van der Waals surface area contributed by atoms with Crippen molar-refractivity contribution in [3.8, 4) is 16.9 Å². The highest BCUT2D eigenvalue weighted by atomic mass is 16.2. The van der Waals surface area contributed by atoms with E-state index in [4.69, 9.17) is 0 Å². The Hall–Kier alpha value is -3.13. The minimum absolute atomic E-state index is 0.191. The van der Waals surface area contributed by atoms with Crippen LogP contribution in [0.25, 0.3) is 16.9 Å². The monoisotopic (exact) mass is 310 g/mol. The van der Waals surface area contributed by atoms with E-state index in [1.807, 2.05) is 30.3 Å². The molecule has 0 aromatic heterocycles. The van der Waals surface area contributed by atoms with Gasteiger partial charge in [0, 0.05) is 25.4 Å². The molecular formula is C15H14N6O2. The molecule has 0 fully saturated rings. The van der Waals surface area contributed by atoms with Crippen molar-refractivity contribution in [2.24, 2.45) is 0 Å². The van der Waals surface area contributed by atoms with E-state index in [2.05, 4.69) is 20.8 Å². The average Bonchev–Trinajstić information content (AvgIpc) is 3.16. The number of carbonyl (C=O) groups is 1. The first-order valence-corrected chi connectivity index (χ1v) is 7.15. The Morgan fingerprint density at radius 2 is 2.09 bits per heavy atom. The van der Waals surface area contributed by atoms with Crippen molar-refractivity contribution in [3.63, 3.8) is 0 Å². The van der Waals surface area contributed by atoms with Crippen LogP contribution < -0.4 is 21.3 Å². The summed E-state index contributed by atoms with van der Waals surface area (Å²) in [6, 6.07) is 8.95. The summed E-state index contributed by atoms with van der Waals surface area (Å²) in [6.45, 7) is 0.418. The number of nitrogens with zero attached hydrogens (tertiary/aromatic N) is 3. The molecule has 116 valence electrons. The van der Waals surface area contributed by atoms with E-state index in [0.29, 0.717) is 29.3 Å². The molecule has 2 amide bonds. The predicted molar refractivity (Wildman–Crippen MR) is 84.6 cm³/mol. The predicted octanol–water partition coefficient (Wildman–Crippen LogP) is 0.829. The lowest BCUT2D eigenvalue weighted by Gasteiger charge is -2.15. The normalized spacial score (nSPS) is 13.3. The van der Waals surface area contributed by atoms with Gasteiger partial charge in [0.15, 0.2) is 0 Å². The number of hydrazine groups is 1. The first kappa shape index (κ1) is 13.5. The number of fused-ring (bicyclic) bond motifs is 3. The molecule has 0 spiro atoms. The number of benzene rings is 1. The van der Waals surface area contributed by atoms with Gasteiger partial charge in [0.05, 0.1) is 11.3 Å². The van der Waals surface area contributed by atoms with Crippen LogP contribution in [0, 0.1) is 0 Å². The van der Waals surface area contributed by atoms with Crippen LogP contribution in [0.3, 0.4) is 0 Å². The fourth-order valence-corrected chi connectivity index (χ4v) is 2.74. The maximum atomic E-state index is 12.6. The molecule has 0 unspecified atom stereocenters. The third kappa shape index (κ3) is 1.92. The van der Waals surface area contributed by atoms with Gasteiger partial charge in [-0.1, -0.05) is 18.2 Å². The molecule has 3 N–H and O–H groups in total. The molecule has 0 bridgehead atoms. The Labute approximate surface area is 131 Å². The summed E-state index contributed by atoms with van der Waals surface area (Å²) < 4.78 is 1.38. The van der Waals surface area contributed by atoms with Crippen LogP contribution in [0.4, 0.5) is 10.6 Å². The molecule has 0 radical (unpaired) electrons. The second-order valence-electron chi connectivity index (χ2n) is 5.16. The Balaban J connectivity index is 1.90. The number of urea groups is 1. The number of nitrogens with one attached hydrogen (secondary N) is 3. The molecule has 8 heteroatoms. The van der Waals surface area contributed by atoms with Crippen molar-refractivity contribution in [3.05, 3.63) is 52.4 Å². The summed E-state index contributed by atoms with van der Waals surface area (Å²) in [7, 11) is 1.56. The van der Waals surface area contributed by atoms with E-state index in [9.17, 15) is 9.59 Å². The van der Waals surface area contributed by atoms with E-state index >= 15 is 0 Å². The van der Waals surface area contributed by atoms with Gasteiger partial charge in [-0.25, -0.2) is 15.2 Å². The van der Waals surface area contributed by atoms with Crippen molar-refractivity contribution in [2.45, 2.75) is 6.54 Å². The molecule has 3 heterocycles. The topological polar surface area (TPSA) is 95.1 Å². The van der Waals surface area contributed by atoms with Gasteiger partial charge in [0.1, 0.15) is 11.5 Å². The number of pyridine rings is 1. The fraction of sp³-hybridized carbons (Fsp3) is 0.133. The highest BCUT2D eigenvalue weighted by Crippen LogP contribution is 2.31. The van der Waals surface area contributed by atoms with Crippen molar-refractivity contribution in [1.82, 2.24) is 25.5 Å². The van der Waals surface area contributed by atoms with Crippen molar-refractivity contribution >= 4 is 11.8 Å². The number of para-hydroxylation sites is 1. The molecule has 1 aromatic carbocycles. The Morgan fingerprint density at radius 1 is 1.30 bits per heavy atom. The van der Waals surface area contributed by atoms with Gasteiger partial charge < -0.3 is 10.3 Å². The van der Waals surface area contributed by atoms with Gasteiger partial charge in [-0.2, -0.15) is 9.78 Å². The third-order valence-corrected chi connectivity index (χ3v) is 3.86. The second-order valence-corrected chi connectivity index (χ2v) is 5.16. The van der Waals surface area contributed by atoms with E-state index in [1.165, 1.54) is 9.69 Å². The Morgan fingerprint density at radius 3 is 2.83 bits per heavy atom. The van der Waals surface area contributed by atoms with Crippen LogP contribution in [0.1, 0.15) is 5.56 Å². The molecule has 1 aromatic rings. The van der Waals surface area contributed by atoms with Gasteiger partial charge in [-0.15, -0.1) is 0 Å². The van der Waals surface area contributed by atoms with Crippen LogP contribution >= 0.6 is 0 Å². The standard InChI is InChI=1S/C15H14N6O2/c1-16-15(23)21-13-10(8-18-21)12-11(7-17-13)14(22)20(19-12)9-5-3-2-4-6-9/h2-7,17-18H,8H2,1H3,(H,16,23). The van der Waals surface area contributed by atoms with Crippen molar-refractivity contribution in [2.75, 3.05) is 12.1 Å². The lowest BCUT2D eigenvalue weighted by Crippen LogP contribution is -2.44. The summed E-state index contributed by atoms with van der Waals surface area (Å²) in [4.78, 5) is 27.4. The first-order valence-electron chi connectivity index (χ1n) is 7.15. The molecule has 0 atom stereocenters. The van der Waals surface area contributed by atoms with Gasteiger partial charge in [0.25, 0.3) is 5.56 Å². The van der Waals surface area contributed by atoms with Gasteiger partial charge in [-0.05, 0) is 12.1 Å². The van der Waals surface area contributed by atoms with E-state index < -0.39 is 0 Å².